The average molecular weight is 796 g/mol. The number of amides is 1. The van der Waals surface area contributed by atoms with E-state index >= 15 is 0 Å². The number of rotatable bonds is 11. The highest BCUT2D eigenvalue weighted by molar-refractivity contribution is 6.36. The van der Waals surface area contributed by atoms with Crippen LogP contribution in [0.3, 0.4) is 0 Å². The van der Waals surface area contributed by atoms with Gasteiger partial charge in [0.25, 0.3) is 5.91 Å². The van der Waals surface area contributed by atoms with Crippen molar-refractivity contribution in [3.05, 3.63) is 87.0 Å². The lowest BCUT2D eigenvalue weighted by atomic mass is 9.80. The zero-order valence-corrected chi connectivity index (χ0v) is 34.1. The molecular weight excluding hydrogens is 742 g/mol. The molecule has 2 aromatic carbocycles. The molecule has 57 heavy (non-hydrogen) atoms. The minimum Gasteiger partial charge on any atom is -0.481 e. The van der Waals surface area contributed by atoms with Gasteiger partial charge in [0.05, 0.1) is 28.0 Å². The fourth-order valence-electron chi connectivity index (χ4n) is 9.63. The van der Waals surface area contributed by atoms with Gasteiger partial charge in [0.2, 0.25) is 5.78 Å². The zero-order chi connectivity index (χ0) is 39.8. The summed E-state index contributed by atoms with van der Waals surface area (Å²) < 4.78 is 9.47. The fraction of sp³-hybridized carbons (Fsp3) is 0.523. The first-order valence-electron chi connectivity index (χ1n) is 20.6. The molecule has 12 nitrogen and oxygen atoms in total. The van der Waals surface area contributed by atoms with Crippen LogP contribution in [0.5, 0.6) is 0 Å². The van der Waals surface area contributed by atoms with E-state index in [0.717, 1.165) is 142 Å². The molecule has 1 saturated heterocycles. The first kappa shape index (κ1) is 39.5. The summed E-state index contributed by atoms with van der Waals surface area (Å²) in [5, 5.41) is 12.8. The molecule has 0 radical (unpaired) electrons. The smallest absolute Gasteiger partial charge is 0.306 e. The van der Waals surface area contributed by atoms with Crippen molar-refractivity contribution < 1.29 is 24.2 Å². The highest BCUT2D eigenvalue weighted by Crippen LogP contribution is 2.37. The number of benzene rings is 2. The number of fused-ring (bicyclic) bond motifs is 2. The number of carboxylic acids is 1. The highest BCUT2D eigenvalue weighted by Gasteiger charge is 2.31. The number of nitrogens with zero attached hydrogens (tertiary/aromatic N) is 6. The monoisotopic (exact) mass is 795 g/mol. The van der Waals surface area contributed by atoms with Crippen molar-refractivity contribution in [1.82, 2.24) is 28.9 Å². The van der Waals surface area contributed by atoms with Gasteiger partial charge in [-0.15, -0.1) is 0 Å². The molecule has 1 amide bonds. The number of carbonyl (C=O) groups is 3. The van der Waals surface area contributed by atoms with Gasteiger partial charge in [0.15, 0.2) is 11.6 Å². The maximum Gasteiger partial charge on any atom is 0.306 e. The van der Waals surface area contributed by atoms with Gasteiger partial charge in [0, 0.05) is 95.7 Å². The second-order valence-electron chi connectivity index (χ2n) is 16.5. The Morgan fingerprint density at radius 1 is 0.860 bits per heavy atom. The molecule has 3 aliphatic heterocycles. The van der Waals surface area contributed by atoms with Gasteiger partial charge >= 0.3 is 5.97 Å². The van der Waals surface area contributed by atoms with Crippen LogP contribution in [0.15, 0.2) is 36.4 Å². The van der Waals surface area contributed by atoms with Crippen LogP contribution in [-0.2, 0) is 56.0 Å². The minimum atomic E-state index is -0.662. The van der Waals surface area contributed by atoms with Gasteiger partial charge in [-0.3, -0.25) is 24.2 Å². The topological polar surface area (TPSA) is 135 Å². The number of imidazole rings is 2. The molecule has 2 N–H and O–H groups in total. The van der Waals surface area contributed by atoms with E-state index in [4.69, 9.17) is 26.3 Å². The molecule has 0 spiro atoms. The number of ether oxygens (including phenoxy) is 1. The second-order valence-corrected chi connectivity index (χ2v) is 16.9. The van der Waals surface area contributed by atoms with Gasteiger partial charge in [-0.1, -0.05) is 41.9 Å². The summed E-state index contributed by atoms with van der Waals surface area (Å²) in [7, 11) is 3.86. The number of carbonyl (C=O) groups excluding carboxylic acids is 2. The summed E-state index contributed by atoms with van der Waals surface area (Å²) in [5.74, 6) is 0.221. The fourth-order valence-corrected chi connectivity index (χ4v) is 9.91. The minimum absolute atomic E-state index is 0.0161. The first-order chi connectivity index (χ1) is 27.5. The Labute approximate surface area is 339 Å². The van der Waals surface area contributed by atoms with Gasteiger partial charge in [0.1, 0.15) is 0 Å². The van der Waals surface area contributed by atoms with Crippen LogP contribution in [0.1, 0.15) is 100 Å². The van der Waals surface area contributed by atoms with Gasteiger partial charge in [-0.05, 0) is 87.1 Å². The third kappa shape index (κ3) is 8.19. The first-order valence-corrected chi connectivity index (χ1v) is 21.0. The molecule has 8 rings (SSSR count). The van der Waals surface area contributed by atoms with Crippen LogP contribution in [0.2, 0.25) is 5.02 Å². The number of aliphatic carboxylic acids is 1. The van der Waals surface area contributed by atoms with E-state index in [1.54, 1.807) is 6.07 Å². The normalized spacial score (nSPS) is 20.6. The summed E-state index contributed by atoms with van der Waals surface area (Å²) >= 11 is 7.06. The number of carboxylic acid groups (broad SMARTS) is 1. The molecule has 4 aliphatic rings. The van der Waals surface area contributed by atoms with E-state index in [9.17, 15) is 19.5 Å². The van der Waals surface area contributed by atoms with E-state index < -0.39 is 5.97 Å². The summed E-state index contributed by atoms with van der Waals surface area (Å²) in [4.78, 5) is 53.6. The van der Waals surface area contributed by atoms with Crippen molar-refractivity contribution in [2.24, 2.45) is 25.9 Å². The van der Waals surface area contributed by atoms with Crippen molar-refractivity contribution in [2.45, 2.75) is 90.3 Å². The molecule has 5 heterocycles. The molecular formula is C44H54ClN7O5. The van der Waals surface area contributed by atoms with E-state index in [2.05, 4.69) is 15.1 Å². The summed E-state index contributed by atoms with van der Waals surface area (Å²) in [6.45, 7) is 7.88. The Morgan fingerprint density at radius 2 is 1.53 bits per heavy atom. The Hall–Kier alpha value is -4.36. The third-order valence-corrected chi connectivity index (χ3v) is 13.6. The van der Waals surface area contributed by atoms with Crippen molar-refractivity contribution in [3.8, 4) is 11.1 Å². The lowest BCUT2D eigenvalue weighted by molar-refractivity contribution is -0.143. The quantitative estimate of drug-likeness (QED) is 0.160. The number of aromatic nitrogens is 4. The van der Waals surface area contributed by atoms with Crippen LogP contribution in [0.4, 0.5) is 5.69 Å². The van der Waals surface area contributed by atoms with Crippen LogP contribution in [-0.4, -0.2) is 90.6 Å². The number of hydrogen-bond donors (Lipinski definition) is 2. The molecule has 1 saturated carbocycles. The molecule has 1 aliphatic carbocycles. The van der Waals surface area contributed by atoms with Crippen LogP contribution in [0.25, 0.3) is 11.1 Å². The maximum absolute atomic E-state index is 13.8. The van der Waals surface area contributed by atoms with E-state index in [0.29, 0.717) is 40.9 Å². The van der Waals surface area contributed by atoms with Crippen LogP contribution in [0, 0.1) is 18.8 Å². The van der Waals surface area contributed by atoms with Crippen molar-refractivity contribution in [2.75, 3.05) is 38.2 Å². The van der Waals surface area contributed by atoms with Gasteiger partial charge < -0.3 is 24.3 Å². The molecule has 0 bridgehead atoms. The highest BCUT2D eigenvalue weighted by atomic mass is 35.5. The maximum atomic E-state index is 13.8. The molecule has 302 valence electrons. The lowest BCUT2D eigenvalue weighted by Gasteiger charge is -2.36. The number of nitrogens with one attached hydrogen (secondary N) is 1. The van der Waals surface area contributed by atoms with Gasteiger partial charge in [-0.25, -0.2) is 9.97 Å². The van der Waals surface area contributed by atoms with E-state index in [-0.39, 0.29) is 24.0 Å². The molecule has 2 fully saturated rings. The van der Waals surface area contributed by atoms with Crippen molar-refractivity contribution >= 4 is 34.9 Å². The summed E-state index contributed by atoms with van der Waals surface area (Å²) in [6, 6.07) is 12.1. The molecule has 0 atom stereocenters. The number of hydrogen-bond acceptors (Lipinski definition) is 8. The largest absolute Gasteiger partial charge is 0.481 e. The van der Waals surface area contributed by atoms with Crippen LogP contribution < -0.4 is 5.32 Å². The van der Waals surface area contributed by atoms with Gasteiger partial charge in [-0.2, -0.15) is 0 Å². The number of anilines is 1. The predicted octanol–water partition coefficient (Wildman–Crippen LogP) is 6.64. The van der Waals surface area contributed by atoms with Crippen LogP contribution >= 0.6 is 11.6 Å². The number of Topliss-reactive ketones (excluding diaryl/α,β-unsaturated/α-hetero) is 1. The van der Waals surface area contributed by atoms with E-state index in [1.165, 1.54) is 0 Å². The Morgan fingerprint density at radius 3 is 2.28 bits per heavy atom. The number of halogens is 1. The Kier molecular flexibility index (Phi) is 11.7. The molecule has 4 aromatic rings. The average Bonchev–Trinajstić information content (AvgIpc) is 3.74. The molecule has 0 unspecified atom stereocenters. The van der Waals surface area contributed by atoms with Crippen molar-refractivity contribution in [1.29, 1.82) is 0 Å². The summed E-state index contributed by atoms with van der Waals surface area (Å²) in [5.41, 5.74) is 8.18. The molecule has 2 aromatic heterocycles. The predicted molar refractivity (Wildman–Crippen MR) is 219 cm³/mol. The SMILES string of the molecule is Cc1c(CC(=O)c2nc3c(n2C)CCN(C2CCOCC2)C3)cccc1-c1cccc(NC(=O)c2nc3c(n2C)CCN(CCC2CCC(C(=O)O)CC2)C3)c1Cl. The lowest BCUT2D eigenvalue weighted by Crippen LogP contribution is -2.42. The zero-order valence-electron chi connectivity index (χ0n) is 33.4. The Balaban J connectivity index is 0.921. The third-order valence-electron chi connectivity index (χ3n) is 13.2. The van der Waals surface area contributed by atoms with E-state index in [1.807, 2.05) is 60.5 Å². The molecule has 13 heteroatoms. The standard InChI is InChI=1S/C44H54ClN7O5/c1-27-30(24-39(53)41-46-36-26-52(21-16-38(36)49(41)2)31-17-22-57-23-18-31)6-4-7-32(27)33-8-5-9-34(40(33)45)48-43(54)42-47-35-25-51(20-15-37(35)50(42)3)19-14-28-10-12-29(13-11-28)44(55)56/h4-9,28-29,31H,10-26H2,1-3H3,(H,48,54)(H,55,56). The summed E-state index contributed by atoms with van der Waals surface area (Å²) in [6.07, 6.45) is 8.53. The van der Waals surface area contributed by atoms with Crippen molar-refractivity contribution in [3.63, 3.8) is 0 Å². The Bertz CT molecular complexity index is 2160. The second kappa shape index (κ2) is 16.9. The number of ketones is 1.